The molecule has 64 valence electrons. The van der Waals surface area contributed by atoms with Crippen LogP contribution in [0.4, 0.5) is 0 Å². The Morgan fingerprint density at radius 3 is 2.42 bits per heavy atom. The Morgan fingerprint density at radius 2 is 2.00 bits per heavy atom. The zero-order chi connectivity index (χ0) is 9.30. The summed E-state index contributed by atoms with van der Waals surface area (Å²) in [6.07, 6.45) is 0. The van der Waals surface area contributed by atoms with Crippen molar-refractivity contribution in [1.82, 2.24) is 0 Å². The topological polar surface area (TPSA) is 57.5 Å². The Kier molecular flexibility index (Phi) is 2.24. The molecule has 1 aromatic rings. The zero-order valence-electron chi connectivity index (χ0n) is 6.34. The number of rotatable bonds is 1. The minimum atomic E-state index is -0.424. The normalized spacial score (nSPS) is 9.83. The smallest absolute Gasteiger partial charge is 0.167 e. The standard InChI is InChI=1S/C8H7ClO3/c1-4(10)7-6(11)3-2-5(9)8(7)12/h2-3,11-12H,1H3. The first-order chi connectivity index (χ1) is 5.54. The third-order valence-corrected chi connectivity index (χ3v) is 1.76. The number of benzene rings is 1. The Labute approximate surface area is 74.2 Å². The molecule has 0 aliphatic carbocycles. The Hall–Kier alpha value is -1.22. The van der Waals surface area contributed by atoms with Gasteiger partial charge in [0.1, 0.15) is 17.1 Å². The molecule has 0 spiro atoms. The van der Waals surface area contributed by atoms with E-state index in [1.165, 1.54) is 19.1 Å². The highest BCUT2D eigenvalue weighted by molar-refractivity contribution is 6.32. The number of ketones is 1. The predicted molar refractivity (Wildman–Crippen MR) is 44.8 cm³/mol. The molecule has 0 aliphatic heterocycles. The van der Waals surface area contributed by atoms with E-state index in [0.29, 0.717) is 0 Å². The van der Waals surface area contributed by atoms with Crippen molar-refractivity contribution in [2.24, 2.45) is 0 Å². The fourth-order valence-corrected chi connectivity index (χ4v) is 1.06. The summed E-state index contributed by atoms with van der Waals surface area (Å²) in [5.41, 5.74) is -0.137. The minimum absolute atomic E-state index is 0.0537. The molecule has 0 fully saturated rings. The molecule has 2 N–H and O–H groups in total. The number of carbonyl (C=O) groups is 1. The van der Waals surface area contributed by atoms with Crippen LogP contribution in [0, 0.1) is 0 Å². The Balaban J connectivity index is 3.43. The van der Waals surface area contributed by atoms with E-state index in [0.717, 1.165) is 0 Å². The van der Waals surface area contributed by atoms with Gasteiger partial charge in [0.15, 0.2) is 5.78 Å². The number of Topliss-reactive ketones (excluding diaryl/α,β-unsaturated/α-hetero) is 1. The zero-order valence-corrected chi connectivity index (χ0v) is 7.09. The molecule has 12 heavy (non-hydrogen) atoms. The van der Waals surface area contributed by atoms with Gasteiger partial charge >= 0.3 is 0 Å². The van der Waals surface area contributed by atoms with Gasteiger partial charge in [0.05, 0.1) is 5.02 Å². The van der Waals surface area contributed by atoms with Gasteiger partial charge in [-0.05, 0) is 19.1 Å². The van der Waals surface area contributed by atoms with Crippen LogP contribution in [-0.2, 0) is 0 Å². The lowest BCUT2D eigenvalue weighted by Gasteiger charge is -2.04. The summed E-state index contributed by atoms with van der Waals surface area (Å²) in [6.45, 7) is 1.24. The second-order valence-corrected chi connectivity index (χ2v) is 2.75. The first-order valence-electron chi connectivity index (χ1n) is 3.25. The number of halogens is 1. The molecule has 0 aliphatic rings. The quantitative estimate of drug-likeness (QED) is 0.660. The van der Waals surface area contributed by atoms with Crippen molar-refractivity contribution in [3.63, 3.8) is 0 Å². The maximum Gasteiger partial charge on any atom is 0.167 e. The molecule has 1 aromatic carbocycles. The second kappa shape index (κ2) is 3.03. The van der Waals surface area contributed by atoms with Crippen LogP contribution in [0.1, 0.15) is 17.3 Å². The molecular formula is C8H7ClO3. The number of hydrogen-bond donors (Lipinski definition) is 2. The molecular weight excluding hydrogens is 180 g/mol. The third-order valence-electron chi connectivity index (χ3n) is 1.46. The van der Waals surface area contributed by atoms with Gasteiger partial charge < -0.3 is 10.2 Å². The first kappa shape index (κ1) is 8.87. The summed E-state index contributed by atoms with van der Waals surface area (Å²) in [5, 5.41) is 18.4. The summed E-state index contributed by atoms with van der Waals surface area (Å²) in [7, 11) is 0. The van der Waals surface area contributed by atoms with Crippen LogP contribution in [0.25, 0.3) is 0 Å². The number of carbonyl (C=O) groups excluding carboxylic acids is 1. The van der Waals surface area contributed by atoms with E-state index in [1.54, 1.807) is 0 Å². The van der Waals surface area contributed by atoms with Crippen LogP contribution < -0.4 is 0 Å². The van der Waals surface area contributed by atoms with Crippen LogP contribution in [-0.4, -0.2) is 16.0 Å². The molecule has 0 bridgehead atoms. The van der Waals surface area contributed by atoms with Gasteiger partial charge in [-0.3, -0.25) is 4.79 Å². The van der Waals surface area contributed by atoms with Crippen LogP contribution >= 0.6 is 11.6 Å². The van der Waals surface area contributed by atoms with Gasteiger partial charge in [-0.2, -0.15) is 0 Å². The van der Waals surface area contributed by atoms with Gasteiger partial charge in [0.25, 0.3) is 0 Å². The van der Waals surface area contributed by atoms with Crippen LogP contribution in [0.2, 0.25) is 5.02 Å². The highest BCUT2D eigenvalue weighted by Crippen LogP contribution is 2.33. The largest absolute Gasteiger partial charge is 0.507 e. The highest BCUT2D eigenvalue weighted by atomic mass is 35.5. The summed E-state index contributed by atoms with van der Waals surface area (Å²) >= 11 is 5.52. The SMILES string of the molecule is CC(=O)c1c(O)ccc(Cl)c1O. The van der Waals surface area contributed by atoms with Crippen molar-refractivity contribution in [3.05, 3.63) is 22.7 Å². The van der Waals surface area contributed by atoms with Crippen molar-refractivity contribution in [2.75, 3.05) is 0 Å². The Bertz CT molecular complexity index is 333. The average Bonchev–Trinajstić information content (AvgIpc) is 1.97. The van der Waals surface area contributed by atoms with E-state index in [1.807, 2.05) is 0 Å². The van der Waals surface area contributed by atoms with Gasteiger partial charge in [-0.1, -0.05) is 11.6 Å². The van der Waals surface area contributed by atoms with E-state index < -0.39 is 5.78 Å². The van der Waals surface area contributed by atoms with Crippen molar-refractivity contribution < 1.29 is 15.0 Å². The highest BCUT2D eigenvalue weighted by Gasteiger charge is 2.14. The molecule has 0 saturated heterocycles. The molecule has 4 heteroatoms. The monoisotopic (exact) mass is 186 g/mol. The summed E-state index contributed by atoms with van der Waals surface area (Å²) in [6, 6.07) is 2.58. The second-order valence-electron chi connectivity index (χ2n) is 2.35. The molecule has 0 aromatic heterocycles. The van der Waals surface area contributed by atoms with Crippen LogP contribution in [0.3, 0.4) is 0 Å². The number of phenols is 2. The summed E-state index contributed by atoms with van der Waals surface area (Å²) in [5.74, 6) is -1.05. The first-order valence-corrected chi connectivity index (χ1v) is 3.63. The molecule has 0 heterocycles. The number of hydrogen-bond acceptors (Lipinski definition) is 3. The molecule has 0 atom stereocenters. The van der Waals surface area contributed by atoms with E-state index >= 15 is 0 Å². The van der Waals surface area contributed by atoms with Gasteiger partial charge in [-0.25, -0.2) is 0 Å². The van der Waals surface area contributed by atoms with Crippen LogP contribution in [0.15, 0.2) is 12.1 Å². The van der Waals surface area contributed by atoms with Gasteiger partial charge in [0.2, 0.25) is 0 Å². The van der Waals surface area contributed by atoms with E-state index in [9.17, 15) is 9.90 Å². The van der Waals surface area contributed by atoms with Gasteiger partial charge in [-0.15, -0.1) is 0 Å². The fraction of sp³-hybridized carbons (Fsp3) is 0.125. The molecule has 0 radical (unpaired) electrons. The van der Waals surface area contributed by atoms with Crippen LogP contribution in [0.5, 0.6) is 11.5 Å². The van der Waals surface area contributed by atoms with Crippen molar-refractivity contribution in [2.45, 2.75) is 6.92 Å². The third kappa shape index (κ3) is 1.36. The minimum Gasteiger partial charge on any atom is -0.507 e. The molecule has 0 unspecified atom stereocenters. The van der Waals surface area contributed by atoms with Gasteiger partial charge in [0, 0.05) is 0 Å². The molecule has 1 rings (SSSR count). The maximum atomic E-state index is 10.9. The lowest BCUT2D eigenvalue weighted by atomic mass is 10.1. The summed E-state index contributed by atoms with van der Waals surface area (Å²) < 4.78 is 0. The van der Waals surface area contributed by atoms with Crippen molar-refractivity contribution in [3.8, 4) is 11.5 Å². The molecule has 0 amide bonds. The van der Waals surface area contributed by atoms with Crippen molar-refractivity contribution >= 4 is 17.4 Å². The van der Waals surface area contributed by atoms with Crippen molar-refractivity contribution in [1.29, 1.82) is 0 Å². The van der Waals surface area contributed by atoms with E-state index in [2.05, 4.69) is 0 Å². The lowest BCUT2D eigenvalue weighted by molar-refractivity contribution is 0.101. The van der Waals surface area contributed by atoms with E-state index in [4.69, 9.17) is 16.7 Å². The predicted octanol–water partition coefficient (Wildman–Crippen LogP) is 1.95. The Morgan fingerprint density at radius 1 is 1.42 bits per heavy atom. The lowest BCUT2D eigenvalue weighted by Crippen LogP contribution is -1.93. The number of aromatic hydroxyl groups is 2. The fourth-order valence-electron chi connectivity index (χ4n) is 0.902. The molecule has 3 nitrogen and oxygen atoms in total. The maximum absolute atomic E-state index is 10.9. The number of phenolic OH excluding ortho intramolecular Hbond substituents is 2. The summed E-state index contributed by atoms with van der Waals surface area (Å²) in [4.78, 5) is 10.9. The molecule has 0 saturated carbocycles. The average molecular weight is 187 g/mol. The van der Waals surface area contributed by atoms with E-state index in [-0.39, 0.29) is 22.1 Å².